The van der Waals surface area contributed by atoms with E-state index in [0.717, 1.165) is 11.1 Å². The second-order valence-electron chi connectivity index (χ2n) is 8.70. The molecule has 38 heavy (non-hydrogen) atoms. The van der Waals surface area contributed by atoms with Gasteiger partial charge in [0, 0.05) is 29.3 Å². The number of rotatable bonds is 7. The zero-order valence-corrected chi connectivity index (χ0v) is 21.9. The summed E-state index contributed by atoms with van der Waals surface area (Å²) >= 11 is 1.45. The maximum atomic E-state index is 13.5. The lowest BCUT2D eigenvalue weighted by molar-refractivity contribution is 0.224. The number of aryl methyl sites for hydroxylation is 1. The molecule has 0 atom stereocenters. The molecule has 192 valence electrons. The van der Waals surface area contributed by atoms with E-state index in [2.05, 4.69) is 30.1 Å². The molecule has 5 rings (SSSR count). The van der Waals surface area contributed by atoms with Gasteiger partial charge >= 0.3 is 0 Å². The molecular formula is C26H20F2N6O2S2. The molecule has 0 radical (unpaired) electrons. The fraction of sp³-hybridized carbons (Fsp3) is 0.192. The Morgan fingerprint density at radius 1 is 1.13 bits per heavy atom. The van der Waals surface area contributed by atoms with Gasteiger partial charge in [-0.25, -0.2) is 27.2 Å². The molecule has 1 aliphatic heterocycles. The number of thiazole rings is 1. The molecule has 1 N–H and O–H groups in total. The van der Waals surface area contributed by atoms with Crippen LogP contribution in [0.4, 0.5) is 31.7 Å². The molecule has 0 amide bonds. The minimum atomic E-state index is -3.68. The molecule has 0 fully saturated rings. The van der Waals surface area contributed by atoms with Crippen molar-refractivity contribution in [3.05, 3.63) is 82.0 Å². The first kappa shape index (κ1) is 25.6. The van der Waals surface area contributed by atoms with E-state index in [1.54, 1.807) is 48.7 Å². The molecule has 12 heteroatoms. The van der Waals surface area contributed by atoms with Crippen LogP contribution in [-0.2, 0) is 22.7 Å². The zero-order chi connectivity index (χ0) is 27.0. The number of alkyl halides is 2. The molecule has 4 heterocycles. The number of hydrogen-bond acceptors (Lipinski definition) is 8. The van der Waals surface area contributed by atoms with E-state index >= 15 is 0 Å². The number of fused-ring (bicyclic) bond motifs is 1. The first-order chi connectivity index (χ1) is 18.1. The average molecular weight is 551 g/mol. The SMILES string of the molecule is [C-]#[N+]c1cccc(Cc2cc(Nc3ccc(-c4ncc(C)s4)cc3S(C)(=O)=O)c3c(n2)CC(C(F)F)=N3)n1. The second-order valence-corrected chi connectivity index (χ2v) is 11.9. The van der Waals surface area contributed by atoms with Crippen molar-refractivity contribution in [3.8, 4) is 10.6 Å². The van der Waals surface area contributed by atoms with Gasteiger partial charge in [0.2, 0.25) is 0 Å². The summed E-state index contributed by atoms with van der Waals surface area (Å²) < 4.78 is 52.5. The van der Waals surface area contributed by atoms with Crippen LogP contribution in [0.25, 0.3) is 15.4 Å². The Bertz CT molecular complexity index is 1740. The minimum absolute atomic E-state index is 0.0393. The highest BCUT2D eigenvalue weighted by atomic mass is 32.2. The van der Waals surface area contributed by atoms with E-state index in [1.807, 2.05) is 6.92 Å². The summed E-state index contributed by atoms with van der Waals surface area (Å²) in [4.78, 5) is 21.6. The lowest BCUT2D eigenvalue weighted by Gasteiger charge is -2.15. The van der Waals surface area contributed by atoms with E-state index in [4.69, 9.17) is 6.57 Å². The number of halogens is 2. The molecule has 0 bridgehead atoms. The van der Waals surface area contributed by atoms with Crippen molar-refractivity contribution in [3.63, 3.8) is 0 Å². The maximum Gasteiger partial charge on any atom is 0.277 e. The Hall–Kier alpha value is -4.08. The van der Waals surface area contributed by atoms with Crippen molar-refractivity contribution in [2.75, 3.05) is 11.6 Å². The van der Waals surface area contributed by atoms with Gasteiger partial charge in [0.25, 0.3) is 12.2 Å². The van der Waals surface area contributed by atoms with Crippen LogP contribution >= 0.6 is 11.3 Å². The fourth-order valence-electron chi connectivity index (χ4n) is 4.08. The maximum absolute atomic E-state index is 13.5. The van der Waals surface area contributed by atoms with Crippen molar-refractivity contribution < 1.29 is 17.2 Å². The number of aromatic nitrogens is 3. The Kier molecular flexibility index (Phi) is 6.73. The van der Waals surface area contributed by atoms with E-state index in [9.17, 15) is 17.2 Å². The number of sulfone groups is 1. The molecule has 1 aromatic carbocycles. The molecule has 0 aliphatic carbocycles. The molecule has 3 aromatic heterocycles. The summed E-state index contributed by atoms with van der Waals surface area (Å²) in [5, 5.41) is 3.80. The van der Waals surface area contributed by atoms with Gasteiger partial charge < -0.3 is 10.2 Å². The third kappa shape index (κ3) is 5.29. The minimum Gasteiger partial charge on any atom is -0.361 e. The van der Waals surface area contributed by atoms with Crippen molar-refractivity contribution >= 4 is 49.8 Å². The third-order valence-corrected chi connectivity index (χ3v) is 7.86. The normalized spacial score (nSPS) is 12.8. The van der Waals surface area contributed by atoms with Crippen LogP contribution in [0.1, 0.15) is 22.0 Å². The van der Waals surface area contributed by atoms with E-state index < -0.39 is 16.3 Å². The molecule has 0 spiro atoms. The topological polar surface area (TPSA) is 102 Å². The quantitative estimate of drug-likeness (QED) is 0.280. The van der Waals surface area contributed by atoms with Gasteiger partial charge in [-0.05, 0) is 43.3 Å². The number of hydrogen-bond donors (Lipinski definition) is 1. The van der Waals surface area contributed by atoms with Crippen LogP contribution < -0.4 is 5.32 Å². The Labute approximate surface area is 221 Å². The molecule has 0 saturated heterocycles. The standard InChI is InChI=1S/C26H20F2N6O2S2/c1-14-13-30-26(37-14)15-7-8-18(22(9-15)38(3,35)36)33-19-11-17(10-16-5-4-6-23(29-2)32-16)31-20-12-21(25(27)28)34-24(19)20/h4-9,11,13,25H,10,12H2,1,3H3,(H,31,33). The first-order valence-electron chi connectivity index (χ1n) is 11.4. The van der Waals surface area contributed by atoms with E-state index in [-0.39, 0.29) is 40.6 Å². The van der Waals surface area contributed by atoms with Gasteiger partial charge in [-0.1, -0.05) is 12.6 Å². The number of benzene rings is 1. The highest BCUT2D eigenvalue weighted by Gasteiger charge is 2.27. The predicted octanol–water partition coefficient (Wildman–Crippen LogP) is 6.09. The van der Waals surface area contributed by atoms with Gasteiger partial charge in [0.05, 0.1) is 39.8 Å². The van der Waals surface area contributed by atoms with Crippen molar-refractivity contribution in [2.45, 2.75) is 31.1 Å². The number of anilines is 2. The predicted molar refractivity (Wildman–Crippen MR) is 143 cm³/mol. The highest BCUT2D eigenvalue weighted by molar-refractivity contribution is 7.90. The molecule has 1 aliphatic rings. The smallest absolute Gasteiger partial charge is 0.277 e. The van der Waals surface area contributed by atoms with E-state index in [0.29, 0.717) is 33.3 Å². The van der Waals surface area contributed by atoms with Crippen molar-refractivity contribution in [2.24, 2.45) is 4.99 Å². The summed E-state index contributed by atoms with van der Waals surface area (Å²) in [7, 11) is -3.68. The Balaban J connectivity index is 1.58. The highest BCUT2D eigenvalue weighted by Crippen LogP contribution is 2.39. The number of nitrogens with one attached hydrogen (secondary N) is 1. The van der Waals surface area contributed by atoms with E-state index in [1.165, 1.54) is 11.3 Å². The summed E-state index contributed by atoms with van der Waals surface area (Å²) in [6, 6.07) is 11.6. The lowest BCUT2D eigenvalue weighted by Crippen LogP contribution is -2.10. The van der Waals surface area contributed by atoms with Gasteiger partial charge in [-0.3, -0.25) is 4.98 Å². The van der Waals surface area contributed by atoms with Gasteiger partial charge in [-0.15, -0.1) is 16.3 Å². The second kappa shape index (κ2) is 10.00. The van der Waals surface area contributed by atoms with Crippen molar-refractivity contribution in [1.29, 1.82) is 0 Å². The van der Waals surface area contributed by atoms with Crippen LogP contribution in [-0.4, -0.2) is 41.8 Å². The largest absolute Gasteiger partial charge is 0.361 e. The summed E-state index contributed by atoms with van der Waals surface area (Å²) in [5.41, 5.74) is 2.68. The van der Waals surface area contributed by atoms with Crippen LogP contribution in [0.2, 0.25) is 0 Å². The number of aliphatic imine (C=N–C) groups is 1. The average Bonchev–Trinajstić information content (AvgIpc) is 3.50. The molecule has 8 nitrogen and oxygen atoms in total. The summed E-state index contributed by atoms with van der Waals surface area (Å²) in [5.74, 6) is 0.235. The summed E-state index contributed by atoms with van der Waals surface area (Å²) in [6.07, 6.45) is 0.207. The first-order valence-corrected chi connectivity index (χ1v) is 14.1. The number of pyridine rings is 2. The van der Waals surface area contributed by atoms with Gasteiger partial charge in [0.15, 0.2) is 9.84 Å². The van der Waals surface area contributed by atoms with Crippen LogP contribution in [0.3, 0.4) is 0 Å². The van der Waals surface area contributed by atoms with Gasteiger partial charge in [0.1, 0.15) is 16.4 Å². The molecule has 0 saturated carbocycles. The number of nitrogens with zero attached hydrogens (tertiary/aromatic N) is 5. The lowest BCUT2D eigenvalue weighted by atomic mass is 10.1. The van der Waals surface area contributed by atoms with Crippen molar-refractivity contribution in [1.82, 2.24) is 15.0 Å². The Morgan fingerprint density at radius 3 is 2.63 bits per heavy atom. The van der Waals surface area contributed by atoms with Crippen LogP contribution in [0, 0.1) is 13.5 Å². The zero-order valence-electron chi connectivity index (χ0n) is 20.2. The molecule has 4 aromatic rings. The molecular weight excluding hydrogens is 530 g/mol. The van der Waals surface area contributed by atoms with Crippen LogP contribution in [0.5, 0.6) is 0 Å². The fourth-order valence-corrected chi connectivity index (χ4v) is 5.70. The Morgan fingerprint density at radius 2 is 1.95 bits per heavy atom. The third-order valence-electron chi connectivity index (χ3n) is 5.76. The van der Waals surface area contributed by atoms with Gasteiger partial charge in [-0.2, -0.15) is 0 Å². The van der Waals surface area contributed by atoms with Crippen LogP contribution in [0.15, 0.2) is 58.5 Å². The molecule has 0 unspecified atom stereocenters. The monoisotopic (exact) mass is 550 g/mol. The summed E-state index contributed by atoms with van der Waals surface area (Å²) in [6.45, 7) is 9.10.